The van der Waals surface area contributed by atoms with Crippen molar-refractivity contribution in [1.29, 1.82) is 0 Å². The van der Waals surface area contributed by atoms with Gasteiger partial charge in [0.2, 0.25) is 0 Å². The number of benzene rings is 2. The topological polar surface area (TPSA) is 17.8 Å². The van der Waals surface area contributed by atoms with Crippen molar-refractivity contribution < 1.29 is 0 Å². The fourth-order valence-electron chi connectivity index (χ4n) is 2.22. The van der Waals surface area contributed by atoms with Gasteiger partial charge in [-0.1, -0.05) is 33.6 Å². The maximum atomic E-state index is 6.28. The van der Waals surface area contributed by atoms with Gasteiger partial charge >= 0.3 is 0 Å². The molecule has 0 aliphatic heterocycles. The minimum absolute atomic E-state index is 0.194. The molecular weight excluding hydrogens is 359 g/mol. The van der Waals surface area contributed by atoms with Crippen molar-refractivity contribution >= 4 is 50.2 Å². The van der Waals surface area contributed by atoms with E-state index < -0.39 is 0 Å². The summed E-state index contributed by atoms with van der Waals surface area (Å²) in [5.41, 5.74) is 2.88. The summed E-state index contributed by atoms with van der Waals surface area (Å²) in [5, 5.41) is 0.493. The number of aromatic nitrogens is 2. The summed E-state index contributed by atoms with van der Waals surface area (Å²) in [6.07, 6.45) is 0. The highest BCUT2D eigenvalue weighted by Crippen LogP contribution is 2.30. The number of alkyl halides is 1. The normalized spacial score (nSPS) is 12.8. The molecule has 0 fully saturated rings. The lowest BCUT2D eigenvalue weighted by molar-refractivity contribution is 0.882. The second-order valence-corrected chi connectivity index (χ2v) is 6.54. The Morgan fingerprint density at radius 3 is 2.70 bits per heavy atom. The predicted octanol–water partition coefficient (Wildman–Crippen LogP) is 5.74. The fraction of sp³-hybridized carbons (Fsp3) is 0.133. The number of rotatable bonds is 2. The van der Waals surface area contributed by atoms with E-state index in [1.807, 2.05) is 54.0 Å². The van der Waals surface area contributed by atoms with Crippen LogP contribution in [0, 0.1) is 0 Å². The van der Waals surface area contributed by atoms with Gasteiger partial charge in [0.15, 0.2) is 0 Å². The second kappa shape index (κ2) is 5.40. The third kappa shape index (κ3) is 2.46. The number of imidazole rings is 1. The molecule has 2 aromatic carbocycles. The molecule has 3 aromatic rings. The monoisotopic (exact) mass is 368 g/mol. The molecule has 3 rings (SSSR count). The summed E-state index contributed by atoms with van der Waals surface area (Å²) in [6.45, 7) is 1.92. The molecule has 2 nitrogen and oxygen atoms in total. The van der Waals surface area contributed by atoms with Crippen LogP contribution in [-0.2, 0) is 0 Å². The van der Waals surface area contributed by atoms with Gasteiger partial charge in [-0.3, -0.25) is 4.57 Å². The Morgan fingerprint density at radius 1 is 1.20 bits per heavy atom. The van der Waals surface area contributed by atoms with Gasteiger partial charge in [-0.15, -0.1) is 11.6 Å². The van der Waals surface area contributed by atoms with Crippen molar-refractivity contribution in [2.45, 2.75) is 12.3 Å². The summed E-state index contributed by atoms with van der Waals surface area (Å²) in [7, 11) is 0. The van der Waals surface area contributed by atoms with Gasteiger partial charge in [-0.25, -0.2) is 4.98 Å². The molecule has 0 aliphatic rings. The van der Waals surface area contributed by atoms with Crippen LogP contribution >= 0.6 is 39.1 Å². The lowest BCUT2D eigenvalue weighted by atomic mass is 10.2. The minimum Gasteiger partial charge on any atom is -0.295 e. The highest BCUT2D eigenvalue weighted by molar-refractivity contribution is 9.10. The third-order valence-corrected chi connectivity index (χ3v) is 3.99. The second-order valence-electron chi connectivity index (χ2n) is 4.53. The molecule has 5 heteroatoms. The molecule has 102 valence electrons. The van der Waals surface area contributed by atoms with Crippen molar-refractivity contribution in [2.75, 3.05) is 0 Å². The van der Waals surface area contributed by atoms with Crippen molar-refractivity contribution in [3.05, 3.63) is 57.8 Å². The highest BCUT2D eigenvalue weighted by Gasteiger charge is 2.16. The number of nitrogens with zero attached hydrogens (tertiary/aromatic N) is 2. The highest BCUT2D eigenvalue weighted by atomic mass is 79.9. The van der Waals surface area contributed by atoms with Crippen LogP contribution in [0.3, 0.4) is 0 Å². The SMILES string of the molecule is CC(Cl)c1nc2ccc(Br)cc2n1-c1cccc(Cl)c1. The van der Waals surface area contributed by atoms with Crippen LogP contribution in [0.1, 0.15) is 18.1 Å². The lowest BCUT2D eigenvalue weighted by Gasteiger charge is -2.11. The van der Waals surface area contributed by atoms with E-state index in [0.29, 0.717) is 5.02 Å². The first-order valence-corrected chi connectivity index (χ1v) is 7.75. The first-order chi connectivity index (χ1) is 9.56. The molecular formula is C15H11BrCl2N2. The molecule has 20 heavy (non-hydrogen) atoms. The van der Waals surface area contributed by atoms with E-state index >= 15 is 0 Å². The van der Waals surface area contributed by atoms with Crippen LogP contribution in [0.15, 0.2) is 46.9 Å². The molecule has 1 aromatic heterocycles. The van der Waals surface area contributed by atoms with Crippen LogP contribution in [0.25, 0.3) is 16.7 Å². The first kappa shape index (κ1) is 13.9. The van der Waals surface area contributed by atoms with Crippen molar-refractivity contribution in [2.24, 2.45) is 0 Å². The third-order valence-electron chi connectivity index (χ3n) is 3.06. The molecule has 1 heterocycles. The van der Waals surface area contributed by atoms with Gasteiger partial charge < -0.3 is 0 Å². The fourth-order valence-corrected chi connectivity index (χ4v) is 2.90. The van der Waals surface area contributed by atoms with Crippen molar-refractivity contribution in [1.82, 2.24) is 9.55 Å². The molecule has 0 spiro atoms. The Morgan fingerprint density at radius 2 is 2.00 bits per heavy atom. The molecule has 1 unspecified atom stereocenters. The van der Waals surface area contributed by atoms with Crippen molar-refractivity contribution in [3.63, 3.8) is 0 Å². The maximum Gasteiger partial charge on any atom is 0.132 e. The van der Waals surface area contributed by atoms with Crippen molar-refractivity contribution in [3.8, 4) is 5.69 Å². The Hall–Kier alpha value is -1.03. The number of hydrogen-bond acceptors (Lipinski definition) is 1. The van der Waals surface area contributed by atoms with Crippen LogP contribution < -0.4 is 0 Å². The molecule has 0 bridgehead atoms. The Bertz CT molecular complexity index is 781. The van der Waals surface area contributed by atoms with Crippen LogP contribution in [-0.4, -0.2) is 9.55 Å². The average molecular weight is 370 g/mol. The van der Waals surface area contributed by atoms with Gasteiger partial charge in [0.05, 0.1) is 16.4 Å². The Labute approximate surface area is 135 Å². The number of hydrogen-bond donors (Lipinski definition) is 0. The van der Waals surface area contributed by atoms with Crippen LogP contribution in [0.4, 0.5) is 0 Å². The molecule has 0 amide bonds. The van der Waals surface area contributed by atoms with E-state index in [2.05, 4.69) is 20.9 Å². The number of fused-ring (bicyclic) bond motifs is 1. The molecule has 0 saturated heterocycles. The zero-order valence-electron chi connectivity index (χ0n) is 10.6. The van der Waals surface area contributed by atoms with Gasteiger partial charge in [-0.2, -0.15) is 0 Å². The van der Waals surface area contributed by atoms with Gasteiger partial charge in [0.25, 0.3) is 0 Å². The van der Waals surface area contributed by atoms with E-state index in [-0.39, 0.29) is 5.38 Å². The quantitative estimate of drug-likeness (QED) is 0.526. The smallest absolute Gasteiger partial charge is 0.132 e. The van der Waals surface area contributed by atoms with E-state index in [0.717, 1.165) is 27.0 Å². The van der Waals surface area contributed by atoms with E-state index in [1.54, 1.807) is 0 Å². The van der Waals surface area contributed by atoms with Gasteiger partial charge in [-0.05, 0) is 43.3 Å². The zero-order valence-corrected chi connectivity index (χ0v) is 13.7. The maximum absolute atomic E-state index is 6.28. The molecule has 0 radical (unpaired) electrons. The summed E-state index contributed by atoms with van der Waals surface area (Å²) in [6, 6.07) is 13.7. The van der Waals surface area contributed by atoms with Crippen LogP contribution in [0.5, 0.6) is 0 Å². The number of halogens is 3. The molecule has 0 N–H and O–H groups in total. The largest absolute Gasteiger partial charge is 0.295 e. The van der Waals surface area contributed by atoms with Gasteiger partial charge in [0.1, 0.15) is 5.82 Å². The Kier molecular flexibility index (Phi) is 3.76. The van der Waals surface area contributed by atoms with E-state index in [4.69, 9.17) is 23.2 Å². The van der Waals surface area contributed by atoms with Gasteiger partial charge in [0, 0.05) is 15.2 Å². The standard InChI is InChI=1S/C15H11BrCl2N2/c1-9(17)15-19-13-6-5-10(16)7-14(13)20(15)12-4-2-3-11(18)8-12/h2-9H,1H3. The summed E-state index contributed by atoms with van der Waals surface area (Å²) in [4.78, 5) is 4.63. The lowest BCUT2D eigenvalue weighted by Crippen LogP contribution is -2.01. The molecule has 0 saturated carbocycles. The molecule has 0 aliphatic carbocycles. The average Bonchev–Trinajstić information content (AvgIpc) is 2.77. The van der Waals surface area contributed by atoms with E-state index in [1.165, 1.54) is 0 Å². The predicted molar refractivity (Wildman–Crippen MR) is 88.0 cm³/mol. The van der Waals surface area contributed by atoms with E-state index in [9.17, 15) is 0 Å². The summed E-state index contributed by atoms with van der Waals surface area (Å²) >= 11 is 15.9. The summed E-state index contributed by atoms with van der Waals surface area (Å²) < 4.78 is 3.05. The first-order valence-electron chi connectivity index (χ1n) is 6.14. The van der Waals surface area contributed by atoms with Crippen LogP contribution in [0.2, 0.25) is 5.02 Å². The Balaban J connectivity index is 2.36. The summed E-state index contributed by atoms with van der Waals surface area (Å²) in [5.74, 6) is 0.807. The minimum atomic E-state index is -0.194. The molecule has 1 atom stereocenters. The zero-order chi connectivity index (χ0) is 14.3.